The van der Waals surface area contributed by atoms with Gasteiger partial charge < -0.3 is 9.47 Å². The second kappa shape index (κ2) is 6.45. The van der Waals surface area contributed by atoms with Crippen molar-refractivity contribution in [2.45, 2.75) is 20.0 Å². The van der Waals surface area contributed by atoms with Gasteiger partial charge in [-0.3, -0.25) is 0 Å². The molecule has 0 aliphatic heterocycles. The quantitative estimate of drug-likeness (QED) is 0.464. The summed E-state index contributed by atoms with van der Waals surface area (Å²) in [5.74, 6) is 0.0496. The zero-order chi connectivity index (χ0) is 13.5. The summed E-state index contributed by atoms with van der Waals surface area (Å²) in [6, 6.07) is 8.93. The van der Waals surface area contributed by atoms with E-state index in [-0.39, 0.29) is 11.7 Å². The molecule has 0 saturated carbocycles. The van der Waals surface area contributed by atoms with Crippen LogP contribution in [0.2, 0.25) is 0 Å². The highest BCUT2D eigenvalue weighted by molar-refractivity contribution is 5.98. The molecule has 0 radical (unpaired) electrons. The predicted octanol–water partition coefficient (Wildman–Crippen LogP) is 2.55. The molecule has 4 heteroatoms. The number of methoxy groups -OCH3 is 1. The molecule has 1 aromatic rings. The molecule has 0 bridgehead atoms. The Morgan fingerprint density at radius 1 is 1.44 bits per heavy atom. The Hall–Kier alpha value is -2.28. The highest BCUT2D eigenvalue weighted by Gasteiger charge is 2.12. The second-order valence-corrected chi connectivity index (χ2v) is 3.90. The molecule has 0 spiro atoms. The van der Waals surface area contributed by atoms with Crippen molar-refractivity contribution in [1.29, 1.82) is 5.26 Å². The van der Waals surface area contributed by atoms with E-state index in [0.29, 0.717) is 11.3 Å². The number of carbonyl (C=O) groups excluding carboxylic acids is 1. The van der Waals surface area contributed by atoms with Crippen LogP contribution in [0, 0.1) is 11.3 Å². The lowest BCUT2D eigenvalue weighted by molar-refractivity contribution is -0.142. The molecule has 1 rings (SSSR count). The van der Waals surface area contributed by atoms with Crippen molar-refractivity contribution in [1.82, 2.24) is 0 Å². The first-order valence-corrected chi connectivity index (χ1v) is 5.53. The Kier molecular flexibility index (Phi) is 4.94. The molecule has 18 heavy (non-hydrogen) atoms. The van der Waals surface area contributed by atoms with Gasteiger partial charge in [0, 0.05) is 0 Å². The number of rotatable bonds is 4. The van der Waals surface area contributed by atoms with E-state index in [0.717, 1.165) is 0 Å². The minimum absolute atomic E-state index is 0.0306. The van der Waals surface area contributed by atoms with Crippen LogP contribution < -0.4 is 4.74 Å². The van der Waals surface area contributed by atoms with Crippen LogP contribution in [0.4, 0.5) is 0 Å². The van der Waals surface area contributed by atoms with Crippen molar-refractivity contribution in [3.05, 3.63) is 35.4 Å². The van der Waals surface area contributed by atoms with E-state index in [9.17, 15) is 4.79 Å². The molecule has 0 aromatic heterocycles. The lowest BCUT2D eigenvalue weighted by Gasteiger charge is -2.06. The van der Waals surface area contributed by atoms with Crippen LogP contribution in [0.3, 0.4) is 0 Å². The van der Waals surface area contributed by atoms with Crippen molar-refractivity contribution in [2.24, 2.45) is 0 Å². The Morgan fingerprint density at radius 3 is 2.72 bits per heavy atom. The zero-order valence-electron chi connectivity index (χ0n) is 10.6. The maximum Gasteiger partial charge on any atom is 0.349 e. The number of hydrogen-bond donors (Lipinski definition) is 0. The summed E-state index contributed by atoms with van der Waals surface area (Å²) in [6.07, 6.45) is 1.23. The Bertz CT molecular complexity index is 498. The average molecular weight is 245 g/mol. The Morgan fingerprint density at radius 2 is 2.17 bits per heavy atom. The van der Waals surface area contributed by atoms with Crippen molar-refractivity contribution in [3.63, 3.8) is 0 Å². The fraction of sp³-hybridized carbons (Fsp3) is 0.286. The minimum atomic E-state index is -0.615. The highest BCUT2D eigenvalue weighted by atomic mass is 16.5. The molecule has 94 valence electrons. The SMILES string of the molecule is COc1cccc(/C=C(\C#N)C(=O)OC(C)C)c1. The molecule has 0 amide bonds. The van der Waals surface area contributed by atoms with E-state index < -0.39 is 5.97 Å². The van der Waals surface area contributed by atoms with Gasteiger partial charge in [0.25, 0.3) is 0 Å². The van der Waals surface area contributed by atoms with E-state index in [1.165, 1.54) is 6.08 Å². The van der Waals surface area contributed by atoms with Gasteiger partial charge in [0.2, 0.25) is 0 Å². The summed E-state index contributed by atoms with van der Waals surface area (Å²) in [5.41, 5.74) is 0.684. The van der Waals surface area contributed by atoms with Crippen molar-refractivity contribution in [3.8, 4) is 11.8 Å². The standard InChI is InChI=1S/C14H15NO3/c1-10(2)18-14(16)12(9-15)7-11-5-4-6-13(8-11)17-3/h4-8,10H,1-3H3/b12-7+. The van der Waals surface area contributed by atoms with Crippen LogP contribution in [0.15, 0.2) is 29.8 Å². The lowest BCUT2D eigenvalue weighted by Crippen LogP contribution is -2.12. The number of esters is 1. The summed E-state index contributed by atoms with van der Waals surface area (Å²) < 4.78 is 10.0. The largest absolute Gasteiger partial charge is 0.497 e. The van der Waals surface area contributed by atoms with Gasteiger partial charge in [-0.25, -0.2) is 4.79 Å². The number of ether oxygens (including phenoxy) is 2. The van der Waals surface area contributed by atoms with E-state index >= 15 is 0 Å². The van der Waals surface area contributed by atoms with Gasteiger partial charge in [-0.1, -0.05) is 12.1 Å². The number of hydrogen-bond acceptors (Lipinski definition) is 4. The number of nitrogens with zero attached hydrogens (tertiary/aromatic N) is 1. The summed E-state index contributed by atoms with van der Waals surface area (Å²) >= 11 is 0. The van der Waals surface area contributed by atoms with E-state index in [1.807, 2.05) is 6.07 Å². The average Bonchev–Trinajstić information content (AvgIpc) is 2.35. The predicted molar refractivity (Wildman–Crippen MR) is 67.8 cm³/mol. The van der Waals surface area contributed by atoms with Crippen LogP contribution in [-0.4, -0.2) is 19.2 Å². The van der Waals surface area contributed by atoms with Crippen LogP contribution in [-0.2, 0) is 9.53 Å². The summed E-state index contributed by atoms with van der Waals surface area (Å²) in [5, 5.41) is 8.95. The monoisotopic (exact) mass is 245 g/mol. The molecule has 0 aliphatic rings. The molecular formula is C14H15NO3. The Labute approximate surface area is 106 Å². The fourth-order valence-electron chi connectivity index (χ4n) is 1.31. The molecule has 0 saturated heterocycles. The Balaban J connectivity index is 2.97. The van der Waals surface area contributed by atoms with E-state index in [2.05, 4.69) is 0 Å². The zero-order valence-corrected chi connectivity index (χ0v) is 10.6. The summed E-state index contributed by atoms with van der Waals surface area (Å²) in [6.45, 7) is 3.47. The summed E-state index contributed by atoms with van der Waals surface area (Å²) in [4.78, 5) is 11.6. The maximum atomic E-state index is 11.6. The smallest absolute Gasteiger partial charge is 0.349 e. The molecule has 0 aliphatic carbocycles. The first kappa shape index (κ1) is 13.8. The van der Waals surface area contributed by atoms with Crippen molar-refractivity contribution >= 4 is 12.0 Å². The minimum Gasteiger partial charge on any atom is -0.497 e. The van der Waals surface area contributed by atoms with Crippen molar-refractivity contribution < 1.29 is 14.3 Å². The van der Waals surface area contributed by atoms with Crippen LogP contribution in [0.1, 0.15) is 19.4 Å². The van der Waals surface area contributed by atoms with Gasteiger partial charge in [0.05, 0.1) is 13.2 Å². The third-order valence-corrected chi connectivity index (χ3v) is 2.09. The third-order valence-electron chi connectivity index (χ3n) is 2.09. The molecule has 4 nitrogen and oxygen atoms in total. The molecule has 0 fully saturated rings. The normalized spacial score (nSPS) is 10.9. The third kappa shape index (κ3) is 3.95. The highest BCUT2D eigenvalue weighted by Crippen LogP contribution is 2.15. The van der Waals surface area contributed by atoms with Gasteiger partial charge in [0.15, 0.2) is 0 Å². The molecule has 0 atom stereocenters. The first-order valence-electron chi connectivity index (χ1n) is 5.53. The van der Waals surface area contributed by atoms with Gasteiger partial charge in [-0.05, 0) is 37.6 Å². The molecule has 0 N–H and O–H groups in total. The number of benzene rings is 1. The van der Waals surface area contributed by atoms with Gasteiger partial charge in [0.1, 0.15) is 17.4 Å². The lowest BCUT2D eigenvalue weighted by atomic mass is 10.1. The van der Waals surface area contributed by atoms with Crippen LogP contribution in [0.5, 0.6) is 5.75 Å². The number of carbonyl (C=O) groups is 1. The van der Waals surface area contributed by atoms with Gasteiger partial charge in [-0.15, -0.1) is 0 Å². The summed E-state index contributed by atoms with van der Waals surface area (Å²) in [7, 11) is 1.56. The second-order valence-electron chi connectivity index (χ2n) is 3.90. The van der Waals surface area contributed by atoms with Gasteiger partial charge >= 0.3 is 5.97 Å². The van der Waals surface area contributed by atoms with Crippen LogP contribution in [0.25, 0.3) is 6.08 Å². The number of nitriles is 1. The fourth-order valence-corrected chi connectivity index (χ4v) is 1.31. The maximum absolute atomic E-state index is 11.6. The molecule has 1 aromatic carbocycles. The van der Waals surface area contributed by atoms with E-state index in [4.69, 9.17) is 14.7 Å². The molecular weight excluding hydrogens is 230 g/mol. The van der Waals surface area contributed by atoms with Crippen LogP contribution >= 0.6 is 0 Å². The molecule has 0 heterocycles. The van der Waals surface area contributed by atoms with Crippen molar-refractivity contribution in [2.75, 3.05) is 7.11 Å². The van der Waals surface area contributed by atoms with E-state index in [1.54, 1.807) is 45.2 Å². The topological polar surface area (TPSA) is 59.3 Å². The van der Waals surface area contributed by atoms with Gasteiger partial charge in [-0.2, -0.15) is 5.26 Å². The first-order chi connectivity index (χ1) is 8.56. The molecule has 0 unspecified atom stereocenters.